The Balaban J connectivity index is 2.10. The second-order valence-corrected chi connectivity index (χ2v) is 8.60. The Hall–Kier alpha value is -2.05. The maximum atomic E-state index is 13.5. The number of benzene rings is 2. The van der Waals surface area contributed by atoms with Crippen LogP contribution in [0.5, 0.6) is 11.5 Å². The molecule has 29 heavy (non-hydrogen) atoms. The number of fused-ring (bicyclic) bond motifs is 1. The maximum absolute atomic E-state index is 13.5. The number of nitrogens with zero attached hydrogens (tertiary/aromatic N) is 2. The number of likely N-dealkylation sites (N-methyl/N-ethyl adjacent to an activating group) is 1. The van der Waals surface area contributed by atoms with Crippen LogP contribution in [0.3, 0.4) is 0 Å². The van der Waals surface area contributed by atoms with Crippen molar-refractivity contribution in [2.24, 2.45) is 5.92 Å². The first-order chi connectivity index (χ1) is 13.9. The molecule has 0 aliphatic carbocycles. The molecule has 0 unspecified atom stereocenters. The molecule has 156 valence electrons. The number of anilines is 1. The molecular formula is C23H29BrN2O3. The highest BCUT2D eigenvalue weighted by Gasteiger charge is 2.36. The third-order valence-corrected chi connectivity index (χ3v) is 6.31. The zero-order valence-electron chi connectivity index (χ0n) is 17.7. The normalized spacial score (nSPS) is 19.1. The molecule has 0 spiro atoms. The summed E-state index contributed by atoms with van der Waals surface area (Å²) in [5.41, 5.74) is 3.15. The Morgan fingerprint density at radius 3 is 2.38 bits per heavy atom. The van der Waals surface area contributed by atoms with Crippen molar-refractivity contribution in [3.05, 3.63) is 52.0 Å². The standard InChI is InChI=1S/C23H29BrN2O3/c1-15-18(16-6-8-17(28-4)9-7-16)14-19-21(11-10-20(24)22(19)29-5)26(23(15)27)13-12-25(2)3/h6-11,15,18H,12-14H2,1-5H3/t15-,18-/m1/s1. The minimum atomic E-state index is -0.151. The van der Waals surface area contributed by atoms with Gasteiger partial charge < -0.3 is 19.3 Å². The highest BCUT2D eigenvalue weighted by Crippen LogP contribution is 2.44. The van der Waals surface area contributed by atoms with E-state index in [0.717, 1.165) is 45.8 Å². The lowest BCUT2D eigenvalue weighted by Gasteiger charge is -2.28. The summed E-state index contributed by atoms with van der Waals surface area (Å²) >= 11 is 3.62. The Bertz CT molecular complexity index is 867. The van der Waals surface area contributed by atoms with Crippen LogP contribution in [0.2, 0.25) is 0 Å². The highest BCUT2D eigenvalue weighted by molar-refractivity contribution is 9.10. The van der Waals surface area contributed by atoms with E-state index in [0.29, 0.717) is 6.54 Å². The van der Waals surface area contributed by atoms with Crippen molar-refractivity contribution in [2.75, 3.05) is 46.3 Å². The Morgan fingerprint density at radius 2 is 1.79 bits per heavy atom. The molecule has 2 atom stereocenters. The number of hydrogen-bond donors (Lipinski definition) is 0. The lowest BCUT2D eigenvalue weighted by molar-refractivity contribution is -0.122. The molecule has 0 radical (unpaired) electrons. The van der Waals surface area contributed by atoms with E-state index < -0.39 is 0 Å². The topological polar surface area (TPSA) is 42.0 Å². The lowest BCUT2D eigenvalue weighted by atomic mass is 9.82. The van der Waals surface area contributed by atoms with Gasteiger partial charge in [-0.3, -0.25) is 4.79 Å². The molecule has 0 aromatic heterocycles. The van der Waals surface area contributed by atoms with E-state index in [1.165, 1.54) is 0 Å². The first-order valence-electron chi connectivity index (χ1n) is 9.82. The van der Waals surface area contributed by atoms with Gasteiger partial charge in [0.05, 0.1) is 24.4 Å². The second-order valence-electron chi connectivity index (χ2n) is 7.74. The summed E-state index contributed by atoms with van der Waals surface area (Å²) < 4.78 is 12.0. The minimum absolute atomic E-state index is 0.0553. The third-order valence-electron chi connectivity index (χ3n) is 5.68. The van der Waals surface area contributed by atoms with Gasteiger partial charge in [-0.1, -0.05) is 19.1 Å². The van der Waals surface area contributed by atoms with Gasteiger partial charge in [-0.2, -0.15) is 0 Å². The van der Waals surface area contributed by atoms with E-state index in [1.54, 1.807) is 14.2 Å². The zero-order valence-corrected chi connectivity index (χ0v) is 19.3. The van der Waals surface area contributed by atoms with Crippen molar-refractivity contribution in [2.45, 2.75) is 19.3 Å². The molecule has 0 bridgehead atoms. The Labute approximate surface area is 181 Å². The van der Waals surface area contributed by atoms with E-state index in [1.807, 2.05) is 50.2 Å². The molecule has 5 nitrogen and oxygen atoms in total. The van der Waals surface area contributed by atoms with E-state index in [-0.39, 0.29) is 17.7 Å². The van der Waals surface area contributed by atoms with E-state index >= 15 is 0 Å². The number of rotatable bonds is 6. The fraction of sp³-hybridized carbons (Fsp3) is 0.435. The highest BCUT2D eigenvalue weighted by atomic mass is 79.9. The predicted octanol–water partition coefficient (Wildman–Crippen LogP) is 4.34. The molecule has 3 rings (SSSR count). The van der Waals surface area contributed by atoms with E-state index in [4.69, 9.17) is 9.47 Å². The molecule has 1 aliphatic rings. The number of amides is 1. The van der Waals surface area contributed by atoms with Gasteiger partial charge >= 0.3 is 0 Å². The average Bonchev–Trinajstić information content (AvgIpc) is 2.82. The van der Waals surface area contributed by atoms with Crippen molar-refractivity contribution < 1.29 is 14.3 Å². The Kier molecular flexibility index (Phi) is 6.85. The summed E-state index contributed by atoms with van der Waals surface area (Å²) in [4.78, 5) is 17.6. The van der Waals surface area contributed by atoms with E-state index in [9.17, 15) is 4.79 Å². The van der Waals surface area contributed by atoms with Crippen molar-refractivity contribution in [1.29, 1.82) is 0 Å². The fourth-order valence-electron chi connectivity index (χ4n) is 3.98. The Morgan fingerprint density at radius 1 is 1.10 bits per heavy atom. The number of carbonyl (C=O) groups is 1. The molecule has 1 aliphatic heterocycles. The molecule has 2 aromatic carbocycles. The molecule has 2 aromatic rings. The summed E-state index contributed by atoms with van der Waals surface area (Å²) in [5, 5.41) is 0. The summed E-state index contributed by atoms with van der Waals surface area (Å²) in [6.07, 6.45) is 0.732. The van der Waals surface area contributed by atoms with Crippen LogP contribution in [-0.4, -0.2) is 52.2 Å². The summed E-state index contributed by atoms with van der Waals surface area (Å²) in [6, 6.07) is 12.0. The molecule has 1 heterocycles. The van der Waals surface area contributed by atoms with Crippen LogP contribution in [0.25, 0.3) is 0 Å². The summed E-state index contributed by atoms with van der Waals surface area (Å²) in [7, 11) is 7.39. The molecule has 0 fully saturated rings. The van der Waals surface area contributed by atoms with Crippen LogP contribution < -0.4 is 14.4 Å². The van der Waals surface area contributed by atoms with Gasteiger partial charge in [0.1, 0.15) is 11.5 Å². The van der Waals surface area contributed by atoms with Gasteiger partial charge in [0, 0.05) is 24.6 Å². The number of hydrogen-bond acceptors (Lipinski definition) is 4. The number of ether oxygens (including phenoxy) is 2. The van der Waals surface area contributed by atoms with Crippen LogP contribution in [-0.2, 0) is 11.2 Å². The van der Waals surface area contributed by atoms with Gasteiger partial charge in [-0.05, 0) is 72.2 Å². The SMILES string of the molecule is COc1ccc([C@@H]2Cc3c(ccc(Br)c3OC)N(CCN(C)C)C(=O)[C@@H]2C)cc1. The molecule has 6 heteroatoms. The molecule has 0 saturated heterocycles. The summed E-state index contributed by atoms with van der Waals surface area (Å²) in [6.45, 7) is 3.47. The monoisotopic (exact) mass is 460 g/mol. The van der Waals surface area contributed by atoms with Crippen LogP contribution in [0, 0.1) is 5.92 Å². The van der Waals surface area contributed by atoms with Crippen molar-refractivity contribution in [1.82, 2.24) is 4.90 Å². The minimum Gasteiger partial charge on any atom is -0.497 e. The zero-order chi connectivity index (χ0) is 21.1. The first-order valence-corrected chi connectivity index (χ1v) is 10.6. The van der Waals surface area contributed by atoms with Crippen LogP contribution in [0.1, 0.15) is 24.0 Å². The summed E-state index contributed by atoms with van der Waals surface area (Å²) in [5.74, 6) is 1.67. The maximum Gasteiger partial charge on any atom is 0.230 e. The molecule has 0 N–H and O–H groups in total. The smallest absolute Gasteiger partial charge is 0.230 e. The number of halogens is 1. The van der Waals surface area contributed by atoms with Gasteiger partial charge in [0.2, 0.25) is 5.91 Å². The number of carbonyl (C=O) groups excluding carboxylic acids is 1. The average molecular weight is 461 g/mol. The van der Waals surface area contributed by atoms with Gasteiger partial charge in [-0.15, -0.1) is 0 Å². The van der Waals surface area contributed by atoms with Gasteiger partial charge in [0.25, 0.3) is 0 Å². The second kappa shape index (κ2) is 9.18. The third kappa shape index (κ3) is 4.43. The predicted molar refractivity (Wildman–Crippen MR) is 120 cm³/mol. The quantitative estimate of drug-likeness (QED) is 0.642. The number of methoxy groups -OCH3 is 2. The van der Waals surface area contributed by atoms with Crippen LogP contribution in [0.4, 0.5) is 5.69 Å². The van der Waals surface area contributed by atoms with E-state index in [2.05, 4.69) is 33.0 Å². The molecule has 1 amide bonds. The van der Waals surface area contributed by atoms with Crippen LogP contribution >= 0.6 is 15.9 Å². The first kappa shape index (κ1) is 21.7. The van der Waals surface area contributed by atoms with Gasteiger partial charge in [0.15, 0.2) is 0 Å². The molecular weight excluding hydrogens is 432 g/mol. The van der Waals surface area contributed by atoms with Gasteiger partial charge in [-0.25, -0.2) is 0 Å². The van der Waals surface area contributed by atoms with Crippen molar-refractivity contribution >= 4 is 27.5 Å². The fourth-order valence-corrected chi connectivity index (χ4v) is 4.51. The molecule has 0 saturated carbocycles. The lowest BCUT2D eigenvalue weighted by Crippen LogP contribution is -2.40. The van der Waals surface area contributed by atoms with Crippen molar-refractivity contribution in [3.63, 3.8) is 0 Å². The van der Waals surface area contributed by atoms with Crippen molar-refractivity contribution in [3.8, 4) is 11.5 Å². The van der Waals surface area contributed by atoms with Crippen LogP contribution in [0.15, 0.2) is 40.9 Å². The largest absolute Gasteiger partial charge is 0.497 e.